The quantitative estimate of drug-likeness (QED) is 0.592. The van der Waals surface area contributed by atoms with E-state index in [9.17, 15) is 18.4 Å². The van der Waals surface area contributed by atoms with Crippen LogP contribution in [0.2, 0.25) is 0 Å². The second-order valence-electron chi connectivity index (χ2n) is 4.87. The third-order valence-corrected chi connectivity index (χ3v) is 3.38. The third kappa shape index (κ3) is 2.96. The van der Waals surface area contributed by atoms with Gasteiger partial charge in [-0.2, -0.15) is 0 Å². The van der Waals surface area contributed by atoms with Crippen LogP contribution in [0.5, 0.6) is 0 Å². The molecule has 0 aliphatic rings. The first-order valence-electron chi connectivity index (χ1n) is 6.78. The first-order valence-corrected chi connectivity index (χ1v) is 6.78. The van der Waals surface area contributed by atoms with E-state index in [0.717, 1.165) is 17.6 Å². The molecule has 3 aromatic rings. The van der Waals surface area contributed by atoms with Crippen LogP contribution in [0.25, 0.3) is 10.9 Å². The van der Waals surface area contributed by atoms with E-state index < -0.39 is 35.6 Å². The molecule has 0 fully saturated rings. The summed E-state index contributed by atoms with van der Waals surface area (Å²) < 4.78 is 31.1. The van der Waals surface area contributed by atoms with Crippen molar-refractivity contribution < 1.29 is 23.1 Å². The van der Waals surface area contributed by atoms with Gasteiger partial charge in [-0.05, 0) is 18.2 Å². The van der Waals surface area contributed by atoms with Crippen LogP contribution in [-0.2, 0) is 4.74 Å². The molecule has 3 rings (SSSR count). The van der Waals surface area contributed by atoms with Gasteiger partial charge in [-0.15, -0.1) is 0 Å². The minimum Gasteiger partial charge on any atom is -0.454 e. The van der Waals surface area contributed by atoms with Crippen molar-refractivity contribution in [3.8, 4) is 0 Å². The average Bonchev–Trinajstić information content (AvgIpc) is 2.96. The SMILES string of the molecule is O=C(OCC(=O)c1c[nH]c2ccccc12)c1ccc(F)cc1F. The summed E-state index contributed by atoms with van der Waals surface area (Å²) in [6.45, 7) is -0.530. The Labute approximate surface area is 129 Å². The van der Waals surface area contributed by atoms with Crippen molar-refractivity contribution in [2.24, 2.45) is 0 Å². The van der Waals surface area contributed by atoms with Crippen molar-refractivity contribution >= 4 is 22.7 Å². The molecule has 0 radical (unpaired) electrons. The topological polar surface area (TPSA) is 59.2 Å². The normalized spacial score (nSPS) is 10.7. The highest BCUT2D eigenvalue weighted by molar-refractivity contribution is 6.09. The fourth-order valence-electron chi connectivity index (χ4n) is 2.24. The van der Waals surface area contributed by atoms with E-state index in [0.29, 0.717) is 17.0 Å². The average molecular weight is 315 g/mol. The second-order valence-corrected chi connectivity index (χ2v) is 4.87. The first kappa shape index (κ1) is 14.9. The lowest BCUT2D eigenvalue weighted by Gasteiger charge is -2.05. The van der Waals surface area contributed by atoms with E-state index in [-0.39, 0.29) is 0 Å². The molecule has 0 bridgehead atoms. The number of rotatable bonds is 4. The lowest BCUT2D eigenvalue weighted by molar-refractivity contribution is 0.0470. The Balaban J connectivity index is 1.72. The summed E-state index contributed by atoms with van der Waals surface area (Å²) in [4.78, 5) is 26.9. The number of hydrogen-bond donors (Lipinski definition) is 1. The second kappa shape index (κ2) is 6.00. The summed E-state index contributed by atoms with van der Waals surface area (Å²) in [6.07, 6.45) is 1.53. The number of esters is 1. The summed E-state index contributed by atoms with van der Waals surface area (Å²) in [5.74, 6) is -3.27. The van der Waals surface area contributed by atoms with Crippen molar-refractivity contribution in [2.45, 2.75) is 0 Å². The molecule has 23 heavy (non-hydrogen) atoms. The predicted molar refractivity (Wildman–Crippen MR) is 79.3 cm³/mol. The fourth-order valence-corrected chi connectivity index (χ4v) is 2.24. The number of ketones is 1. The number of halogens is 2. The zero-order chi connectivity index (χ0) is 16.4. The van der Waals surface area contributed by atoms with Gasteiger partial charge in [-0.1, -0.05) is 18.2 Å². The summed E-state index contributed by atoms with van der Waals surface area (Å²) in [7, 11) is 0. The van der Waals surface area contributed by atoms with Crippen LogP contribution in [0.3, 0.4) is 0 Å². The third-order valence-electron chi connectivity index (χ3n) is 3.38. The number of ether oxygens (including phenoxy) is 1. The highest BCUT2D eigenvalue weighted by atomic mass is 19.1. The summed E-state index contributed by atoms with van der Waals surface area (Å²) in [5, 5.41) is 0.710. The highest BCUT2D eigenvalue weighted by Gasteiger charge is 2.17. The Morgan fingerprint density at radius 1 is 1.04 bits per heavy atom. The maximum absolute atomic E-state index is 13.5. The molecule has 4 nitrogen and oxygen atoms in total. The molecule has 2 aromatic carbocycles. The van der Waals surface area contributed by atoms with Gasteiger partial charge in [0.25, 0.3) is 0 Å². The molecule has 1 aromatic heterocycles. The number of benzene rings is 2. The molecular weight excluding hydrogens is 304 g/mol. The maximum Gasteiger partial charge on any atom is 0.341 e. The maximum atomic E-state index is 13.5. The Morgan fingerprint density at radius 3 is 2.61 bits per heavy atom. The van der Waals surface area contributed by atoms with Crippen molar-refractivity contribution in [1.82, 2.24) is 4.98 Å². The van der Waals surface area contributed by atoms with Crippen LogP contribution in [0.1, 0.15) is 20.7 Å². The van der Waals surface area contributed by atoms with E-state index in [1.165, 1.54) is 6.20 Å². The number of fused-ring (bicyclic) bond motifs is 1. The van der Waals surface area contributed by atoms with Crippen LogP contribution < -0.4 is 0 Å². The molecule has 0 saturated carbocycles. The van der Waals surface area contributed by atoms with Crippen LogP contribution in [0.15, 0.2) is 48.7 Å². The smallest absolute Gasteiger partial charge is 0.341 e. The zero-order valence-electron chi connectivity index (χ0n) is 11.8. The van der Waals surface area contributed by atoms with Crippen molar-refractivity contribution in [3.05, 3.63) is 71.4 Å². The Hall–Kier alpha value is -3.02. The van der Waals surface area contributed by atoms with Crippen LogP contribution in [0.4, 0.5) is 8.78 Å². The van der Waals surface area contributed by atoms with Gasteiger partial charge >= 0.3 is 5.97 Å². The van der Waals surface area contributed by atoms with Crippen molar-refractivity contribution in [1.29, 1.82) is 0 Å². The first-order chi connectivity index (χ1) is 11.1. The minimum atomic E-state index is -1.03. The van der Waals surface area contributed by atoms with E-state index in [1.807, 2.05) is 12.1 Å². The molecule has 1 N–H and O–H groups in total. The van der Waals surface area contributed by atoms with Gasteiger partial charge in [0, 0.05) is 28.7 Å². The van der Waals surface area contributed by atoms with Gasteiger partial charge in [0.05, 0.1) is 5.56 Å². The summed E-state index contributed by atoms with van der Waals surface area (Å²) in [5.41, 5.74) is 0.748. The number of aromatic amines is 1. The summed E-state index contributed by atoms with van der Waals surface area (Å²) in [6, 6.07) is 9.69. The molecule has 0 saturated heterocycles. The zero-order valence-corrected chi connectivity index (χ0v) is 11.8. The molecule has 0 unspecified atom stereocenters. The molecule has 0 aliphatic heterocycles. The molecule has 116 valence electrons. The molecule has 1 heterocycles. The van der Waals surface area contributed by atoms with Crippen molar-refractivity contribution in [2.75, 3.05) is 6.61 Å². The Kier molecular flexibility index (Phi) is 3.89. The predicted octanol–water partition coefficient (Wildman–Crippen LogP) is 3.49. The van der Waals surface area contributed by atoms with Gasteiger partial charge in [-0.25, -0.2) is 13.6 Å². The van der Waals surface area contributed by atoms with E-state index in [1.54, 1.807) is 12.1 Å². The fraction of sp³-hybridized carbons (Fsp3) is 0.0588. The Morgan fingerprint density at radius 2 is 1.83 bits per heavy atom. The number of carbonyl (C=O) groups is 2. The standard InChI is InChI=1S/C17H11F2NO3/c18-10-5-6-12(14(19)7-10)17(22)23-9-16(21)13-8-20-15-4-2-1-3-11(13)15/h1-8,20H,9H2. The van der Waals surface area contributed by atoms with Gasteiger partial charge in [0.2, 0.25) is 5.78 Å². The Bertz CT molecular complexity index is 902. The number of H-pyrrole nitrogens is 1. The van der Waals surface area contributed by atoms with Gasteiger partial charge in [-0.3, -0.25) is 4.79 Å². The minimum absolute atomic E-state index is 0.382. The number of aromatic nitrogens is 1. The van der Waals surface area contributed by atoms with Gasteiger partial charge < -0.3 is 9.72 Å². The number of nitrogens with one attached hydrogen (secondary N) is 1. The lowest BCUT2D eigenvalue weighted by atomic mass is 10.1. The number of hydrogen-bond acceptors (Lipinski definition) is 3. The van der Waals surface area contributed by atoms with Gasteiger partial charge in [0.1, 0.15) is 11.6 Å². The largest absolute Gasteiger partial charge is 0.454 e. The number of Topliss-reactive ketones (excluding diaryl/α,β-unsaturated/α-hetero) is 1. The van der Waals surface area contributed by atoms with Crippen molar-refractivity contribution in [3.63, 3.8) is 0 Å². The van der Waals surface area contributed by atoms with E-state index in [4.69, 9.17) is 4.74 Å². The summed E-state index contributed by atoms with van der Waals surface area (Å²) >= 11 is 0. The van der Waals surface area contributed by atoms with E-state index >= 15 is 0 Å². The number of para-hydroxylation sites is 1. The molecular formula is C17H11F2NO3. The molecule has 0 amide bonds. The molecule has 0 atom stereocenters. The van der Waals surface area contributed by atoms with Crippen LogP contribution in [0, 0.1) is 11.6 Å². The number of carbonyl (C=O) groups excluding carboxylic acids is 2. The molecule has 0 aliphatic carbocycles. The monoisotopic (exact) mass is 315 g/mol. The molecule has 0 spiro atoms. The lowest BCUT2D eigenvalue weighted by Crippen LogP contribution is -2.15. The van der Waals surface area contributed by atoms with Crippen LogP contribution >= 0.6 is 0 Å². The van der Waals surface area contributed by atoms with Gasteiger partial charge in [0.15, 0.2) is 6.61 Å². The molecule has 6 heteroatoms. The highest BCUT2D eigenvalue weighted by Crippen LogP contribution is 2.18. The van der Waals surface area contributed by atoms with E-state index in [2.05, 4.69) is 4.98 Å². The van der Waals surface area contributed by atoms with Crippen LogP contribution in [-0.4, -0.2) is 23.3 Å².